The molecule has 0 radical (unpaired) electrons. The summed E-state index contributed by atoms with van der Waals surface area (Å²) in [7, 11) is 3.05. The summed E-state index contributed by atoms with van der Waals surface area (Å²) in [5, 5.41) is 7.72. The van der Waals surface area contributed by atoms with Crippen LogP contribution in [0.15, 0.2) is 43.1 Å². The molecule has 0 spiro atoms. The van der Waals surface area contributed by atoms with Crippen molar-refractivity contribution in [3.8, 4) is 22.6 Å². The van der Waals surface area contributed by atoms with E-state index in [0.29, 0.717) is 58.1 Å². The third-order valence-corrected chi connectivity index (χ3v) is 7.08. The van der Waals surface area contributed by atoms with Gasteiger partial charge in [-0.2, -0.15) is 0 Å². The molecule has 2 N–H and O–H groups in total. The largest absolute Gasteiger partial charge is 0.495 e. The number of ether oxygens (including phenoxy) is 2. The number of carbonyl (C=O) groups excluding carboxylic acids is 2. The molecule has 1 fully saturated rings. The van der Waals surface area contributed by atoms with Crippen LogP contribution in [0.4, 0.5) is 5.95 Å². The number of rotatable bonds is 7. The summed E-state index contributed by atoms with van der Waals surface area (Å²) in [4.78, 5) is 34.8. The highest BCUT2D eigenvalue weighted by atomic mass is 35.5. The minimum absolute atomic E-state index is 0.0289. The van der Waals surface area contributed by atoms with Crippen molar-refractivity contribution in [1.82, 2.24) is 20.2 Å². The zero-order valence-electron chi connectivity index (χ0n) is 20.7. The zero-order chi connectivity index (χ0) is 26.7. The molecule has 37 heavy (non-hydrogen) atoms. The second kappa shape index (κ2) is 11.2. The van der Waals surface area contributed by atoms with E-state index in [-0.39, 0.29) is 23.9 Å². The monoisotopic (exact) mass is 543 g/mol. The van der Waals surface area contributed by atoms with Crippen LogP contribution in [0.25, 0.3) is 22.0 Å². The average molecular weight is 544 g/mol. The van der Waals surface area contributed by atoms with Crippen molar-refractivity contribution >= 4 is 51.9 Å². The molecule has 2 amide bonds. The van der Waals surface area contributed by atoms with E-state index in [1.54, 1.807) is 17.2 Å². The number of halogens is 2. The van der Waals surface area contributed by atoms with Crippen LogP contribution in [-0.4, -0.2) is 66.1 Å². The number of nitrogens with zero attached hydrogens (tertiary/aromatic N) is 3. The first-order chi connectivity index (χ1) is 17.7. The molecule has 0 unspecified atom stereocenters. The lowest BCUT2D eigenvalue weighted by Crippen LogP contribution is -2.57. The van der Waals surface area contributed by atoms with Gasteiger partial charge in [0.1, 0.15) is 11.5 Å². The second-order valence-electron chi connectivity index (χ2n) is 8.58. The molecule has 1 aliphatic heterocycles. The molecule has 1 aromatic heterocycles. The number of amides is 2. The van der Waals surface area contributed by atoms with Crippen LogP contribution in [0.3, 0.4) is 0 Å². The first-order valence-corrected chi connectivity index (χ1v) is 12.3. The minimum Gasteiger partial charge on any atom is -0.495 e. The van der Waals surface area contributed by atoms with Gasteiger partial charge in [-0.1, -0.05) is 35.8 Å². The van der Waals surface area contributed by atoms with Gasteiger partial charge in [-0.3, -0.25) is 9.59 Å². The third kappa shape index (κ3) is 5.57. The number of carbonyl (C=O) groups is 2. The molecular formula is C26H27Cl2N5O4. The Morgan fingerprint density at radius 1 is 1.14 bits per heavy atom. The van der Waals surface area contributed by atoms with Crippen molar-refractivity contribution in [1.29, 1.82) is 0 Å². The molecule has 1 aliphatic rings. The summed E-state index contributed by atoms with van der Waals surface area (Å²) in [6.45, 7) is 6.01. The van der Waals surface area contributed by atoms with Gasteiger partial charge in [0.2, 0.25) is 17.8 Å². The fraction of sp³-hybridized carbons (Fsp3) is 0.308. The van der Waals surface area contributed by atoms with Gasteiger partial charge in [0.05, 0.1) is 41.9 Å². The predicted octanol–water partition coefficient (Wildman–Crippen LogP) is 4.32. The summed E-state index contributed by atoms with van der Waals surface area (Å²) in [6, 6.07) is 6.73. The minimum atomic E-state index is -0.278. The summed E-state index contributed by atoms with van der Waals surface area (Å²) < 4.78 is 10.8. The van der Waals surface area contributed by atoms with E-state index in [1.807, 2.05) is 18.2 Å². The Bertz CT molecular complexity index is 1340. The molecule has 0 aliphatic carbocycles. The van der Waals surface area contributed by atoms with Gasteiger partial charge in [0.25, 0.3) is 0 Å². The number of benzene rings is 2. The lowest BCUT2D eigenvalue weighted by molar-refractivity contribution is -0.130. The third-order valence-electron chi connectivity index (χ3n) is 6.33. The van der Waals surface area contributed by atoms with Gasteiger partial charge in [0.15, 0.2) is 0 Å². The molecule has 4 rings (SSSR count). The highest BCUT2D eigenvalue weighted by molar-refractivity contribution is 6.41. The van der Waals surface area contributed by atoms with Gasteiger partial charge < -0.3 is 25.0 Å². The SMILES string of the molecule is C=CC(=O)N[C@H]1CCN(C(C)=O)C[C@H]1Nc1ncc2cc(-c3c(Cl)c(OC)cc(OC)c3Cl)ccc2n1. The Hall–Kier alpha value is -3.56. The summed E-state index contributed by atoms with van der Waals surface area (Å²) >= 11 is 13.2. The molecule has 3 aromatic rings. The van der Waals surface area contributed by atoms with Gasteiger partial charge in [-0.15, -0.1) is 0 Å². The van der Waals surface area contributed by atoms with E-state index in [0.717, 1.165) is 10.9 Å². The smallest absolute Gasteiger partial charge is 0.243 e. The Balaban J connectivity index is 1.64. The molecule has 2 aromatic carbocycles. The lowest BCUT2D eigenvalue weighted by Gasteiger charge is -2.38. The number of nitrogens with one attached hydrogen (secondary N) is 2. The van der Waals surface area contributed by atoms with E-state index in [4.69, 9.17) is 32.7 Å². The van der Waals surface area contributed by atoms with Crippen LogP contribution in [0.1, 0.15) is 13.3 Å². The molecule has 11 heteroatoms. The summed E-state index contributed by atoms with van der Waals surface area (Å²) in [5.41, 5.74) is 2.02. The molecule has 2 atom stereocenters. The molecule has 0 bridgehead atoms. The quantitative estimate of drug-likeness (QED) is 0.427. The maximum atomic E-state index is 12.0. The van der Waals surface area contributed by atoms with Crippen LogP contribution in [0.5, 0.6) is 11.5 Å². The first kappa shape index (κ1) is 26.5. The Labute approximate surface area is 224 Å². The summed E-state index contributed by atoms with van der Waals surface area (Å²) in [5.74, 6) is 0.968. The lowest BCUT2D eigenvalue weighted by atomic mass is 9.99. The van der Waals surface area contributed by atoms with Gasteiger partial charge in [0, 0.05) is 43.2 Å². The van der Waals surface area contributed by atoms with Crippen molar-refractivity contribution < 1.29 is 19.1 Å². The van der Waals surface area contributed by atoms with E-state index >= 15 is 0 Å². The summed E-state index contributed by atoms with van der Waals surface area (Å²) in [6.07, 6.45) is 3.52. The van der Waals surface area contributed by atoms with Gasteiger partial charge >= 0.3 is 0 Å². The number of aromatic nitrogens is 2. The van der Waals surface area contributed by atoms with Gasteiger partial charge in [-0.05, 0) is 30.2 Å². The fourth-order valence-corrected chi connectivity index (χ4v) is 5.08. The Morgan fingerprint density at radius 3 is 2.46 bits per heavy atom. The Morgan fingerprint density at radius 2 is 1.84 bits per heavy atom. The van der Waals surface area contributed by atoms with Crippen LogP contribution < -0.4 is 20.1 Å². The maximum Gasteiger partial charge on any atom is 0.243 e. The molecule has 1 saturated heterocycles. The number of hydrogen-bond donors (Lipinski definition) is 2. The van der Waals surface area contributed by atoms with Crippen molar-refractivity contribution in [2.45, 2.75) is 25.4 Å². The van der Waals surface area contributed by atoms with E-state index in [1.165, 1.54) is 27.2 Å². The molecule has 194 valence electrons. The molecule has 0 saturated carbocycles. The number of likely N-dealkylation sites (tertiary alicyclic amines) is 1. The average Bonchev–Trinajstić information content (AvgIpc) is 2.89. The molecular weight excluding hydrogens is 517 g/mol. The fourth-order valence-electron chi connectivity index (χ4n) is 4.36. The number of methoxy groups -OCH3 is 2. The van der Waals surface area contributed by atoms with E-state index in [9.17, 15) is 9.59 Å². The van der Waals surface area contributed by atoms with Crippen LogP contribution in [0.2, 0.25) is 10.0 Å². The van der Waals surface area contributed by atoms with E-state index < -0.39 is 0 Å². The van der Waals surface area contributed by atoms with Crippen LogP contribution >= 0.6 is 23.2 Å². The highest BCUT2D eigenvalue weighted by Crippen LogP contribution is 2.46. The number of anilines is 1. The topological polar surface area (TPSA) is 106 Å². The zero-order valence-corrected chi connectivity index (χ0v) is 22.2. The van der Waals surface area contributed by atoms with Crippen LogP contribution in [-0.2, 0) is 9.59 Å². The van der Waals surface area contributed by atoms with E-state index in [2.05, 4.69) is 27.2 Å². The number of fused-ring (bicyclic) bond motifs is 1. The standard InChI is InChI=1S/C26H27Cl2N5O4/c1-5-22(35)30-18-8-9-33(14(2)34)13-19(18)32-26-29-12-16-10-15(6-7-17(16)31-26)23-24(27)20(36-3)11-21(37-4)25(23)28/h5-7,10-12,18-19H,1,8-9,13H2,2-4H3,(H,30,35)(H,29,31,32)/t18-,19+/m0/s1. The normalized spacial score (nSPS) is 17.3. The van der Waals surface area contributed by atoms with Crippen molar-refractivity contribution in [3.05, 3.63) is 53.2 Å². The van der Waals surface area contributed by atoms with Crippen molar-refractivity contribution in [2.24, 2.45) is 0 Å². The first-order valence-electron chi connectivity index (χ1n) is 11.6. The number of piperidine rings is 1. The highest BCUT2D eigenvalue weighted by Gasteiger charge is 2.31. The van der Waals surface area contributed by atoms with Crippen LogP contribution in [0, 0.1) is 0 Å². The van der Waals surface area contributed by atoms with Crippen molar-refractivity contribution in [3.63, 3.8) is 0 Å². The van der Waals surface area contributed by atoms with Gasteiger partial charge in [-0.25, -0.2) is 9.97 Å². The van der Waals surface area contributed by atoms with Crippen molar-refractivity contribution in [2.75, 3.05) is 32.6 Å². The predicted molar refractivity (Wildman–Crippen MR) is 145 cm³/mol. The molecule has 9 nitrogen and oxygen atoms in total. The second-order valence-corrected chi connectivity index (χ2v) is 9.33. The maximum absolute atomic E-state index is 12.0. The number of hydrogen-bond acceptors (Lipinski definition) is 7. The molecule has 2 heterocycles. The Kier molecular flexibility index (Phi) is 8.04.